The minimum absolute atomic E-state index is 0.146. The van der Waals surface area contributed by atoms with Gasteiger partial charge in [-0.25, -0.2) is 4.98 Å². The molecular formula is C15H14BrFN2O. The van der Waals surface area contributed by atoms with Gasteiger partial charge in [0.1, 0.15) is 5.75 Å². The number of anilines is 1. The average molecular weight is 337 g/mol. The van der Waals surface area contributed by atoms with Crippen LogP contribution in [0.5, 0.6) is 5.75 Å². The Morgan fingerprint density at radius 2 is 2.20 bits per heavy atom. The van der Waals surface area contributed by atoms with Crippen molar-refractivity contribution in [3.8, 4) is 5.75 Å². The molecule has 3 nitrogen and oxygen atoms in total. The van der Waals surface area contributed by atoms with E-state index in [1.54, 1.807) is 6.07 Å². The van der Waals surface area contributed by atoms with E-state index in [4.69, 9.17) is 4.74 Å². The van der Waals surface area contributed by atoms with Crippen molar-refractivity contribution in [2.75, 3.05) is 11.9 Å². The molecule has 1 atom stereocenters. The van der Waals surface area contributed by atoms with Crippen molar-refractivity contribution in [2.45, 2.75) is 18.9 Å². The van der Waals surface area contributed by atoms with Crippen LogP contribution in [0.2, 0.25) is 0 Å². The van der Waals surface area contributed by atoms with Crippen molar-refractivity contribution in [3.63, 3.8) is 0 Å². The molecule has 0 spiro atoms. The topological polar surface area (TPSA) is 34.1 Å². The number of pyridine rings is 1. The molecule has 0 fully saturated rings. The number of fused-ring (bicyclic) bond motifs is 1. The fourth-order valence-electron chi connectivity index (χ4n) is 2.36. The standard InChI is InChI=1S/C15H14BrFN2O/c16-10-3-5-12-13(2-1-7-20-14(12)8-10)19-11-4-6-15(17)18-9-11/h3-6,8-9,13,19H,1-2,7H2. The molecular weight excluding hydrogens is 323 g/mol. The van der Waals surface area contributed by atoms with Gasteiger partial charge < -0.3 is 10.1 Å². The second-order valence-corrected chi connectivity index (χ2v) is 5.66. The van der Waals surface area contributed by atoms with Crippen LogP contribution in [0, 0.1) is 5.95 Å². The Bertz CT molecular complexity index is 603. The summed E-state index contributed by atoms with van der Waals surface area (Å²) in [5.74, 6) is 0.425. The molecule has 1 N–H and O–H groups in total. The van der Waals surface area contributed by atoms with Crippen molar-refractivity contribution in [1.29, 1.82) is 0 Å². The van der Waals surface area contributed by atoms with Crippen molar-refractivity contribution < 1.29 is 9.13 Å². The molecule has 0 saturated heterocycles. The predicted molar refractivity (Wildman–Crippen MR) is 79.4 cm³/mol. The Morgan fingerprint density at radius 3 is 3.00 bits per heavy atom. The monoisotopic (exact) mass is 336 g/mol. The third-order valence-corrected chi connectivity index (χ3v) is 3.81. The molecule has 5 heteroatoms. The summed E-state index contributed by atoms with van der Waals surface area (Å²) in [7, 11) is 0. The zero-order valence-electron chi connectivity index (χ0n) is 10.8. The van der Waals surface area contributed by atoms with Gasteiger partial charge in [0.2, 0.25) is 5.95 Å². The molecule has 20 heavy (non-hydrogen) atoms. The van der Waals surface area contributed by atoms with E-state index < -0.39 is 5.95 Å². The van der Waals surface area contributed by atoms with Gasteiger partial charge in [-0.15, -0.1) is 0 Å². The van der Waals surface area contributed by atoms with Gasteiger partial charge in [0.05, 0.1) is 24.5 Å². The fourth-order valence-corrected chi connectivity index (χ4v) is 2.70. The highest BCUT2D eigenvalue weighted by Gasteiger charge is 2.20. The highest BCUT2D eigenvalue weighted by Crippen LogP contribution is 2.35. The lowest BCUT2D eigenvalue weighted by Crippen LogP contribution is -2.10. The molecule has 2 aromatic rings. The van der Waals surface area contributed by atoms with Crippen LogP contribution >= 0.6 is 15.9 Å². The molecule has 0 radical (unpaired) electrons. The van der Waals surface area contributed by atoms with Gasteiger partial charge in [-0.2, -0.15) is 4.39 Å². The van der Waals surface area contributed by atoms with E-state index >= 15 is 0 Å². The van der Waals surface area contributed by atoms with Crippen LogP contribution in [0.1, 0.15) is 24.4 Å². The lowest BCUT2D eigenvalue weighted by molar-refractivity contribution is 0.316. The van der Waals surface area contributed by atoms with Crippen LogP contribution in [0.3, 0.4) is 0 Å². The van der Waals surface area contributed by atoms with Crippen LogP contribution < -0.4 is 10.1 Å². The molecule has 104 valence electrons. The molecule has 3 rings (SSSR count). The lowest BCUT2D eigenvalue weighted by Gasteiger charge is -2.19. The normalized spacial score (nSPS) is 17.8. The van der Waals surface area contributed by atoms with Crippen molar-refractivity contribution >= 4 is 21.6 Å². The van der Waals surface area contributed by atoms with Crippen molar-refractivity contribution in [1.82, 2.24) is 4.98 Å². The summed E-state index contributed by atoms with van der Waals surface area (Å²) in [4.78, 5) is 3.67. The van der Waals surface area contributed by atoms with Gasteiger partial charge in [-0.05, 0) is 37.1 Å². The second kappa shape index (κ2) is 5.79. The summed E-state index contributed by atoms with van der Waals surface area (Å²) < 4.78 is 19.6. The molecule has 2 heterocycles. The molecule has 0 saturated carbocycles. The summed E-state index contributed by atoms with van der Waals surface area (Å²) in [6.45, 7) is 0.712. The van der Waals surface area contributed by atoms with Crippen LogP contribution in [-0.2, 0) is 0 Å². The van der Waals surface area contributed by atoms with Crippen LogP contribution in [0.25, 0.3) is 0 Å². The van der Waals surface area contributed by atoms with Gasteiger partial charge in [0.15, 0.2) is 0 Å². The van der Waals surface area contributed by atoms with Gasteiger partial charge >= 0.3 is 0 Å². The SMILES string of the molecule is Fc1ccc(NC2CCCOc3cc(Br)ccc32)cn1. The van der Waals surface area contributed by atoms with E-state index in [9.17, 15) is 4.39 Å². The maximum absolute atomic E-state index is 12.8. The molecule has 1 unspecified atom stereocenters. The van der Waals surface area contributed by atoms with E-state index in [2.05, 4.69) is 32.3 Å². The van der Waals surface area contributed by atoms with Gasteiger partial charge in [-0.1, -0.05) is 22.0 Å². The van der Waals surface area contributed by atoms with E-state index in [1.165, 1.54) is 12.3 Å². The molecule has 1 aromatic heterocycles. The molecule has 0 amide bonds. The van der Waals surface area contributed by atoms with E-state index in [1.807, 2.05) is 12.1 Å². The predicted octanol–water partition coefficient (Wildman–Crippen LogP) is 4.31. The number of nitrogens with zero attached hydrogens (tertiary/aromatic N) is 1. The summed E-state index contributed by atoms with van der Waals surface area (Å²) in [5.41, 5.74) is 1.93. The minimum atomic E-state index is -0.468. The van der Waals surface area contributed by atoms with Crippen LogP contribution in [0.15, 0.2) is 41.0 Å². The summed E-state index contributed by atoms with van der Waals surface area (Å²) >= 11 is 3.46. The Labute approximate surface area is 125 Å². The molecule has 1 aliphatic rings. The number of hydrogen-bond donors (Lipinski definition) is 1. The van der Waals surface area contributed by atoms with Crippen molar-refractivity contribution in [3.05, 3.63) is 52.5 Å². The largest absolute Gasteiger partial charge is 0.493 e. The first-order valence-corrected chi connectivity index (χ1v) is 7.32. The Balaban J connectivity index is 1.88. The summed E-state index contributed by atoms with van der Waals surface area (Å²) in [5, 5.41) is 3.40. The highest BCUT2D eigenvalue weighted by molar-refractivity contribution is 9.10. The number of hydrogen-bond acceptors (Lipinski definition) is 3. The van der Waals surface area contributed by atoms with Gasteiger partial charge in [0, 0.05) is 10.0 Å². The van der Waals surface area contributed by atoms with Crippen LogP contribution in [-0.4, -0.2) is 11.6 Å². The zero-order chi connectivity index (χ0) is 13.9. The quantitative estimate of drug-likeness (QED) is 0.830. The van der Waals surface area contributed by atoms with E-state index in [0.29, 0.717) is 6.61 Å². The maximum Gasteiger partial charge on any atom is 0.212 e. The maximum atomic E-state index is 12.8. The van der Waals surface area contributed by atoms with Gasteiger partial charge in [0.25, 0.3) is 0 Å². The third kappa shape index (κ3) is 2.93. The van der Waals surface area contributed by atoms with Crippen molar-refractivity contribution in [2.24, 2.45) is 0 Å². The fraction of sp³-hybridized carbons (Fsp3) is 0.267. The Kier molecular flexibility index (Phi) is 3.87. The van der Waals surface area contributed by atoms with Gasteiger partial charge in [-0.3, -0.25) is 0 Å². The zero-order valence-corrected chi connectivity index (χ0v) is 12.4. The summed E-state index contributed by atoms with van der Waals surface area (Å²) in [6.07, 6.45) is 3.45. The number of nitrogens with one attached hydrogen (secondary N) is 1. The minimum Gasteiger partial charge on any atom is -0.493 e. The number of rotatable bonds is 2. The van der Waals surface area contributed by atoms with E-state index in [-0.39, 0.29) is 6.04 Å². The first-order chi connectivity index (χ1) is 9.72. The molecule has 1 aromatic carbocycles. The summed E-state index contributed by atoms with van der Waals surface area (Å²) in [6, 6.07) is 9.25. The number of ether oxygens (including phenoxy) is 1. The molecule has 0 bridgehead atoms. The smallest absolute Gasteiger partial charge is 0.212 e. The Morgan fingerprint density at radius 1 is 1.30 bits per heavy atom. The number of aromatic nitrogens is 1. The first kappa shape index (κ1) is 13.4. The van der Waals surface area contributed by atoms with E-state index in [0.717, 1.165) is 34.3 Å². The molecule has 0 aliphatic carbocycles. The lowest BCUT2D eigenvalue weighted by atomic mass is 10.0. The average Bonchev–Trinajstić information content (AvgIpc) is 2.63. The Hall–Kier alpha value is -1.62. The highest BCUT2D eigenvalue weighted by atomic mass is 79.9. The first-order valence-electron chi connectivity index (χ1n) is 6.53. The molecule has 1 aliphatic heterocycles. The second-order valence-electron chi connectivity index (χ2n) is 4.74. The number of benzene rings is 1. The number of halogens is 2. The third-order valence-electron chi connectivity index (χ3n) is 3.31. The van der Waals surface area contributed by atoms with Crippen LogP contribution in [0.4, 0.5) is 10.1 Å².